The molecular formula is C119H161N13O12. The molecule has 25 heteroatoms. The number of carbonyl (C=O) groups is 6. The van der Waals surface area contributed by atoms with E-state index in [-0.39, 0.29) is 96.1 Å². The Labute approximate surface area is 857 Å². The summed E-state index contributed by atoms with van der Waals surface area (Å²) in [4.78, 5) is 124. The van der Waals surface area contributed by atoms with Crippen molar-refractivity contribution in [1.82, 2.24) is 34.9 Å². The number of aromatic nitrogens is 7. The number of hydrogen-bond acceptors (Lipinski definition) is 19. The van der Waals surface area contributed by atoms with E-state index in [0.29, 0.717) is 151 Å². The number of rotatable bonds is 63. The van der Waals surface area contributed by atoms with Crippen LogP contribution >= 0.6 is 0 Å². The van der Waals surface area contributed by atoms with Gasteiger partial charge in [0.15, 0.2) is 23.0 Å². The predicted octanol–water partition coefficient (Wildman–Crippen LogP) is 29.4. The molecular weight excluding hydrogens is 1800 g/mol. The van der Waals surface area contributed by atoms with Gasteiger partial charge in [0.2, 0.25) is 11.5 Å². The summed E-state index contributed by atoms with van der Waals surface area (Å²) in [5.41, 5.74) is 2.70. The van der Waals surface area contributed by atoms with Gasteiger partial charge in [0.05, 0.1) is 73.8 Å². The highest BCUT2D eigenvalue weighted by molar-refractivity contribution is 6.16. The van der Waals surface area contributed by atoms with Crippen molar-refractivity contribution in [1.29, 1.82) is 0 Å². The van der Waals surface area contributed by atoms with Crippen LogP contribution in [0.25, 0.3) is 34.2 Å². The van der Waals surface area contributed by atoms with Crippen LogP contribution in [0.3, 0.4) is 0 Å². The maximum absolute atomic E-state index is 15.6. The molecule has 0 aliphatic carbocycles. The van der Waals surface area contributed by atoms with Crippen molar-refractivity contribution in [2.75, 3.05) is 71.5 Å². The van der Waals surface area contributed by atoms with E-state index in [1.165, 1.54) is 55.4 Å². The van der Waals surface area contributed by atoms with Gasteiger partial charge in [-0.15, -0.1) is 0 Å². The van der Waals surface area contributed by atoms with E-state index >= 15 is 24.0 Å². The second kappa shape index (κ2) is 59.5. The number of hydrogen-bond donors (Lipinski definition) is 6. The highest BCUT2D eigenvalue weighted by atomic mass is 16.5. The molecule has 774 valence electrons. The van der Waals surface area contributed by atoms with Crippen LogP contribution < -0.4 is 60.3 Å². The van der Waals surface area contributed by atoms with Gasteiger partial charge in [-0.1, -0.05) is 240 Å². The maximum Gasteiger partial charge on any atom is 0.256 e. The smallest absolute Gasteiger partial charge is 0.256 e. The van der Waals surface area contributed by atoms with E-state index in [1.54, 1.807) is 122 Å². The highest BCUT2D eigenvalue weighted by Gasteiger charge is 2.29. The summed E-state index contributed by atoms with van der Waals surface area (Å²) in [5, 5.41) is 18.2. The molecule has 0 aliphatic rings. The molecule has 25 nitrogen and oxygen atoms in total. The SMILES string of the molecule is CC(C)CCC[C@H](C)CCOc1cc(C(=O)Nc2cccnc2-c2ncccc2NC(=O)c2cc(C(=O)Nc3cccnc3-c3ncccc3NC(=O)c3ccncc3)cc(C(=O)Nc3cccnc3-c3ncccc3NC(=O)c3cc(OCC[C@@H](C)CCCC(C)C)c(OCC[C@@H](C)CCCC(C)C)c(OCC[C@@H](C)CCCC(C)C)c3)c2)cc(OCC[C@@H](C)CCCC(C)C)c1OCC[C@@H](C)CCCC(C)C. The van der Waals surface area contributed by atoms with Crippen molar-refractivity contribution < 1.29 is 57.2 Å². The molecule has 0 radical (unpaired) electrons. The lowest BCUT2D eigenvalue weighted by Gasteiger charge is -2.21. The second-order valence-electron chi connectivity index (χ2n) is 42.2. The average molecular weight is 1970 g/mol. The molecule has 0 saturated heterocycles. The first-order chi connectivity index (χ1) is 69.3. The third-order valence-electron chi connectivity index (χ3n) is 26.3. The zero-order valence-electron chi connectivity index (χ0n) is 88.9. The van der Waals surface area contributed by atoms with Gasteiger partial charge in [-0.2, -0.15) is 0 Å². The molecule has 0 unspecified atom stereocenters. The van der Waals surface area contributed by atoms with E-state index < -0.39 is 35.4 Å². The number of amides is 6. The lowest BCUT2D eigenvalue weighted by atomic mass is 9.97. The number of nitrogens with one attached hydrogen (secondary N) is 6. The van der Waals surface area contributed by atoms with Gasteiger partial charge in [0.1, 0.15) is 34.2 Å². The summed E-state index contributed by atoms with van der Waals surface area (Å²) in [6.07, 6.45) is 37.1. The number of pyridine rings is 7. The molecule has 144 heavy (non-hydrogen) atoms. The number of carbonyl (C=O) groups excluding carboxylic acids is 6. The van der Waals surface area contributed by atoms with E-state index in [1.807, 2.05) is 0 Å². The van der Waals surface area contributed by atoms with Gasteiger partial charge in [-0.25, -0.2) is 0 Å². The minimum absolute atomic E-state index is 0.148. The fraction of sp³-hybridized carbons (Fsp3) is 0.504. The van der Waals surface area contributed by atoms with Gasteiger partial charge in [-0.05, 0) is 237 Å². The minimum atomic E-state index is -0.783. The Morgan fingerprint density at radius 3 is 0.590 bits per heavy atom. The number of ether oxygens (including phenoxy) is 6. The molecule has 10 aromatic rings. The van der Waals surface area contributed by atoms with Gasteiger partial charge in [0.25, 0.3) is 35.4 Å². The Morgan fingerprint density at radius 1 is 0.215 bits per heavy atom. The Hall–Kier alpha value is -12.7. The molecule has 7 heterocycles. The number of anilines is 6. The topological polar surface area (TPSA) is 320 Å². The molecule has 0 spiro atoms. The first-order valence-electron chi connectivity index (χ1n) is 53.1. The molecule has 6 amide bonds. The maximum atomic E-state index is 15.6. The average Bonchev–Trinajstić information content (AvgIpc) is 0.826. The fourth-order valence-electron chi connectivity index (χ4n) is 17.3. The first-order valence-corrected chi connectivity index (χ1v) is 53.1. The Morgan fingerprint density at radius 2 is 0.396 bits per heavy atom. The highest BCUT2D eigenvalue weighted by Crippen LogP contribution is 2.44. The van der Waals surface area contributed by atoms with Gasteiger partial charge < -0.3 is 60.3 Å². The predicted molar refractivity (Wildman–Crippen MR) is 581 cm³/mol. The van der Waals surface area contributed by atoms with Crippen molar-refractivity contribution >= 4 is 69.6 Å². The molecule has 6 atom stereocenters. The van der Waals surface area contributed by atoms with Crippen LogP contribution in [0.5, 0.6) is 34.5 Å². The van der Waals surface area contributed by atoms with Crippen LogP contribution in [0.15, 0.2) is 177 Å². The van der Waals surface area contributed by atoms with Gasteiger partial charge in [-0.3, -0.25) is 63.7 Å². The Kier molecular flexibility index (Phi) is 46.8. The van der Waals surface area contributed by atoms with Crippen LogP contribution in [-0.2, 0) is 0 Å². The van der Waals surface area contributed by atoms with Crippen LogP contribution in [0, 0.1) is 71.0 Å². The lowest BCUT2D eigenvalue weighted by Crippen LogP contribution is -2.20. The van der Waals surface area contributed by atoms with E-state index in [4.69, 9.17) is 48.4 Å². The summed E-state index contributed by atoms with van der Waals surface area (Å²) in [7, 11) is 0. The van der Waals surface area contributed by atoms with Crippen molar-refractivity contribution in [2.45, 2.75) is 279 Å². The summed E-state index contributed by atoms with van der Waals surface area (Å²) >= 11 is 0. The summed E-state index contributed by atoms with van der Waals surface area (Å²) in [5.74, 6) is 4.80. The summed E-state index contributed by atoms with van der Waals surface area (Å²) < 4.78 is 40.7. The molecule has 7 aromatic heterocycles. The van der Waals surface area contributed by atoms with E-state index in [2.05, 4.69) is 171 Å². The van der Waals surface area contributed by atoms with Crippen molar-refractivity contribution in [2.24, 2.45) is 71.0 Å². The van der Waals surface area contributed by atoms with Crippen LogP contribution in [0.1, 0.15) is 341 Å². The Balaban J connectivity index is 0.989. The fourth-order valence-corrected chi connectivity index (χ4v) is 17.3. The molecule has 10 rings (SSSR count). The van der Waals surface area contributed by atoms with Crippen LogP contribution in [0.4, 0.5) is 34.1 Å². The quantitative estimate of drug-likeness (QED) is 0.0206. The molecule has 0 bridgehead atoms. The monoisotopic (exact) mass is 1960 g/mol. The van der Waals surface area contributed by atoms with Crippen LogP contribution in [0.2, 0.25) is 0 Å². The first kappa shape index (κ1) is 113. The van der Waals surface area contributed by atoms with E-state index in [0.717, 1.165) is 154 Å². The summed E-state index contributed by atoms with van der Waals surface area (Å²) in [6, 6.07) is 33.9. The van der Waals surface area contributed by atoms with Crippen molar-refractivity contribution in [3.63, 3.8) is 0 Å². The van der Waals surface area contributed by atoms with Gasteiger partial charge in [0, 0.05) is 83.0 Å². The minimum Gasteiger partial charge on any atom is -0.490 e. The standard InChI is InChI=1S/C119H161N13O12/c1-78(2)31-19-37-84(13)51-65-139-102-74-94(75-103(140-66-52-85(14)38-20-32-79(3)4)112(102)143-69-55-88(17)41-23-35-82(9)10)118(137)131-100-47-29-61-125-110(100)108-98(45-27-59-123-108)129-116(135)92-71-91(115(134)128-97-44-26-58-122-107(97)106-96(43-25-57-121-106)127-114(133)90-49-63-120-64-50-90)72-93(73-92)117(136)130-99-46-28-60-124-109(99)111-101(48-30-62-126-111)132-119(138)95-76-104(141-67-53-86(15)39-21-33-80(5)6)113(144-70-56-89(18)42-24-36-83(11)12)105(77-95)142-68-54-87(16)40-22-34-81(7)8/h25-30,43-50,57-64,71-89H,19-24,31-42,51-56,65-70H2,1-18H3,(H,127,133)(H,128,134)(H,129,135)(H,130,136)(H,131,137)(H,132,138)/t84-,85-,86-,87-,88-,89-/m0/s1. The number of nitrogens with zero attached hydrogens (tertiary/aromatic N) is 7. The van der Waals surface area contributed by atoms with Crippen molar-refractivity contribution in [3.05, 3.63) is 210 Å². The van der Waals surface area contributed by atoms with Crippen LogP contribution in [-0.4, -0.2) is 110 Å². The largest absolute Gasteiger partial charge is 0.490 e. The summed E-state index contributed by atoms with van der Waals surface area (Å²) in [6.45, 7) is 43.0. The van der Waals surface area contributed by atoms with E-state index in [9.17, 15) is 4.79 Å². The zero-order valence-corrected chi connectivity index (χ0v) is 88.9. The third-order valence-corrected chi connectivity index (χ3v) is 26.3. The van der Waals surface area contributed by atoms with Crippen molar-refractivity contribution in [3.8, 4) is 68.7 Å². The third kappa shape index (κ3) is 37.8. The number of benzene rings is 3. The normalized spacial score (nSPS) is 12.8. The molecule has 0 aliphatic heterocycles. The van der Waals surface area contributed by atoms with Gasteiger partial charge >= 0.3 is 0 Å². The molecule has 3 aromatic carbocycles. The zero-order chi connectivity index (χ0) is 103. The molecule has 6 N–H and O–H groups in total. The lowest BCUT2D eigenvalue weighted by molar-refractivity contribution is 0.101. The molecule has 0 fully saturated rings. The Bertz CT molecular complexity index is 5330. The molecule has 0 saturated carbocycles. The second-order valence-corrected chi connectivity index (χ2v) is 42.2.